The average molecular weight is 268 g/mol. The first-order valence-corrected chi connectivity index (χ1v) is 5.29. The molecule has 17 heavy (non-hydrogen) atoms. The number of rotatable bonds is 2. The van der Waals surface area contributed by atoms with E-state index in [1.165, 1.54) is 0 Å². The predicted molar refractivity (Wildman–Crippen MR) is 54.7 cm³/mol. The number of aliphatic hydroxyl groups is 1. The van der Waals surface area contributed by atoms with Gasteiger partial charge in [-0.15, -0.1) is 0 Å². The molecule has 1 aromatic rings. The Morgan fingerprint density at radius 2 is 2.00 bits per heavy atom. The molecule has 0 aromatic carbocycles. The molecule has 1 aliphatic carbocycles. The topological polar surface area (TPSA) is 58.0 Å². The van der Waals surface area contributed by atoms with Crippen molar-refractivity contribution in [2.24, 2.45) is 0 Å². The molecule has 0 aliphatic heterocycles. The van der Waals surface area contributed by atoms with Crippen LogP contribution in [0.5, 0.6) is 0 Å². The van der Waals surface area contributed by atoms with Crippen LogP contribution in [-0.2, 0) is 6.18 Å². The number of hydrogen-bond donors (Lipinski definition) is 2. The van der Waals surface area contributed by atoms with Crippen molar-refractivity contribution in [3.05, 3.63) is 17.0 Å². The maximum atomic E-state index is 12.4. The number of halogens is 4. The van der Waals surface area contributed by atoms with Crippen LogP contribution >= 0.6 is 11.6 Å². The molecule has 2 rings (SSSR count). The molecule has 0 unspecified atom stereocenters. The maximum Gasteiger partial charge on any atom is 0.433 e. The summed E-state index contributed by atoms with van der Waals surface area (Å²) >= 11 is 5.42. The van der Waals surface area contributed by atoms with Crippen LogP contribution in [0.3, 0.4) is 0 Å². The minimum absolute atomic E-state index is 0.0224. The van der Waals surface area contributed by atoms with E-state index >= 15 is 0 Å². The Kier molecular flexibility index (Phi) is 3.13. The number of alkyl halides is 3. The normalized spacial score (nSPS) is 24.3. The number of aromatic nitrogens is 2. The van der Waals surface area contributed by atoms with E-state index in [2.05, 4.69) is 15.3 Å². The van der Waals surface area contributed by atoms with E-state index in [1.807, 2.05) is 0 Å². The lowest BCUT2D eigenvalue weighted by Crippen LogP contribution is -2.39. The molecular weight excluding hydrogens is 259 g/mol. The molecule has 0 saturated heterocycles. The Balaban J connectivity index is 2.14. The molecule has 0 atom stereocenters. The van der Waals surface area contributed by atoms with E-state index in [0.29, 0.717) is 12.8 Å². The fraction of sp³-hybridized carbons (Fsp3) is 0.556. The molecule has 8 heteroatoms. The summed E-state index contributed by atoms with van der Waals surface area (Å²) in [6.07, 6.45) is -3.97. The van der Waals surface area contributed by atoms with Gasteiger partial charge in [-0.1, -0.05) is 0 Å². The number of nitrogens with zero attached hydrogens (tertiary/aromatic N) is 2. The molecular formula is C9H9ClF3N3O. The van der Waals surface area contributed by atoms with E-state index in [1.54, 1.807) is 0 Å². The Labute approximate surface area is 99.8 Å². The van der Waals surface area contributed by atoms with E-state index in [0.717, 1.165) is 6.07 Å². The summed E-state index contributed by atoms with van der Waals surface area (Å²) in [5.41, 5.74) is -1.08. The summed E-state index contributed by atoms with van der Waals surface area (Å²) in [5.74, 6) is 0.0224. The first kappa shape index (κ1) is 12.4. The first-order chi connectivity index (χ1) is 7.84. The molecule has 0 amide bonds. The van der Waals surface area contributed by atoms with Gasteiger partial charge >= 0.3 is 6.18 Å². The second kappa shape index (κ2) is 4.30. The van der Waals surface area contributed by atoms with Gasteiger partial charge in [0.15, 0.2) is 5.69 Å². The van der Waals surface area contributed by atoms with Crippen LogP contribution in [0, 0.1) is 0 Å². The van der Waals surface area contributed by atoms with Gasteiger partial charge in [0.25, 0.3) is 0 Å². The van der Waals surface area contributed by atoms with Crippen LogP contribution in [0.15, 0.2) is 6.07 Å². The molecule has 4 nitrogen and oxygen atoms in total. The lowest BCUT2D eigenvalue weighted by atomic mass is 9.89. The van der Waals surface area contributed by atoms with Crippen molar-refractivity contribution in [3.63, 3.8) is 0 Å². The fourth-order valence-corrected chi connectivity index (χ4v) is 1.73. The van der Waals surface area contributed by atoms with Crippen molar-refractivity contribution in [1.82, 2.24) is 9.97 Å². The van der Waals surface area contributed by atoms with Crippen LogP contribution in [-0.4, -0.2) is 27.2 Å². The van der Waals surface area contributed by atoms with E-state index < -0.39 is 23.3 Å². The van der Waals surface area contributed by atoms with E-state index in [4.69, 9.17) is 16.7 Å². The summed E-state index contributed by atoms with van der Waals surface area (Å²) in [4.78, 5) is 6.77. The minimum Gasteiger partial charge on any atom is -0.393 e. The Hall–Kier alpha value is -1.08. The summed E-state index contributed by atoms with van der Waals surface area (Å²) in [6.45, 7) is 0. The van der Waals surface area contributed by atoms with Crippen molar-refractivity contribution in [2.75, 3.05) is 5.32 Å². The van der Waals surface area contributed by atoms with Gasteiger partial charge in [-0.25, -0.2) is 9.97 Å². The van der Waals surface area contributed by atoms with Crippen LogP contribution in [0.4, 0.5) is 19.0 Å². The molecule has 1 saturated carbocycles. The monoisotopic (exact) mass is 267 g/mol. The summed E-state index contributed by atoms with van der Waals surface area (Å²) < 4.78 is 37.3. The third kappa shape index (κ3) is 2.98. The van der Waals surface area contributed by atoms with Crippen LogP contribution < -0.4 is 5.32 Å². The number of aliphatic hydroxyl groups excluding tert-OH is 1. The third-order valence-electron chi connectivity index (χ3n) is 2.45. The largest absolute Gasteiger partial charge is 0.433 e. The summed E-state index contributed by atoms with van der Waals surface area (Å²) in [6, 6.07) is 0.730. The number of nitrogens with one attached hydrogen (secondary N) is 1. The van der Waals surface area contributed by atoms with Crippen LogP contribution in [0.25, 0.3) is 0 Å². The highest BCUT2D eigenvalue weighted by atomic mass is 35.5. The molecule has 2 N–H and O–H groups in total. The average Bonchev–Trinajstić information content (AvgIpc) is 2.13. The van der Waals surface area contributed by atoms with Crippen LogP contribution in [0.1, 0.15) is 18.5 Å². The second-order valence-electron chi connectivity index (χ2n) is 3.87. The van der Waals surface area contributed by atoms with Gasteiger partial charge in [0.05, 0.1) is 6.10 Å². The highest BCUT2D eigenvalue weighted by molar-refractivity contribution is 6.28. The molecule has 0 radical (unpaired) electrons. The predicted octanol–water partition coefficient (Wildman–Crippen LogP) is 2.08. The zero-order valence-electron chi connectivity index (χ0n) is 8.50. The molecule has 1 aliphatic rings. The lowest BCUT2D eigenvalue weighted by Gasteiger charge is -2.32. The lowest BCUT2D eigenvalue weighted by molar-refractivity contribution is -0.141. The van der Waals surface area contributed by atoms with Crippen molar-refractivity contribution in [1.29, 1.82) is 0 Å². The zero-order valence-corrected chi connectivity index (χ0v) is 9.26. The smallest absolute Gasteiger partial charge is 0.393 e. The summed E-state index contributed by atoms with van der Waals surface area (Å²) in [7, 11) is 0. The zero-order chi connectivity index (χ0) is 12.6. The van der Waals surface area contributed by atoms with Crippen molar-refractivity contribution >= 4 is 17.4 Å². The van der Waals surface area contributed by atoms with Crippen LogP contribution in [0.2, 0.25) is 5.28 Å². The highest BCUT2D eigenvalue weighted by Gasteiger charge is 2.34. The van der Waals surface area contributed by atoms with E-state index in [9.17, 15) is 13.2 Å². The quantitative estimate of drug-likeness (QED) is 0.806. The maximum absolute atomic E-state index is 12.4. The number of hydrogen-bond acceptors (Lipinski definition) is 4. The standard InChI is InChI=1S/C9H9ClF3N3O/c10-8-15-6(9(11,12)13)3-7(16-8)14-4-1-5(17)2-4/h3-5,17H,1-2H2,(H,14,15,16). The Morgan fingerprint density at radius 1 is 1.35 bits per heavy atom. The molecule has 0 bridgehead atoms. The van der Waals surface area contributed by atoms with E-state index in [-0.39, 0.29) is 11.9 Å². The minimum atomic E-state index is -4.55. The Morgan fingerprint density at radius 3 is 2.53 bits per heavy atom. The van der Waals surface area contributed by atoms with Gasteiger partial charge in [0.2, 0.25) is 5.28 Å². The van der Waals surface area contributed by atoms with Crippen molar-refractivity contribution in [2.45, 2.75) is 31.2 Å². The Bertz CT molecular complexity index is 420. The van der Waals surface area contributed by atoms with Gasteiger partial charge < -0.3 is 10.4 Å². The van der Waals surface area contributed by atoms with Crippen molar-refractivity contribution < 1.29 is 18.3 Å². The van der Waals surface area contributed by atoms with Crippen molar-refractivity contribution in [3.8, 4) is 0 Å². The molecule has 1 fully saturated rings. The first-order valence-electron chi connectivity index (χ1n) is 4.91. The molecule has 1 aromatic heterocycles. The van der Waals surface area contributed by atoms with Gasteiger partial charge in [0, 0.05) is 12.1 Å². The summed E-state index contributed by atoms with van der Waals surface area (Å²) in [5, 5.41) is 11.4. The molecule has 0 spiro atoms. The number of anilines is 1. The van der Waals surface area contributed by atoms with Gasteiger partial charge in [-0.05, 0) is 24.4 Å². The molecule has 94 valence electrons. The second-order valence-corrected chi connectivity index (χ2v) is 4.21. The highest BCUT2D eigenvalue weighted by Crippen LogP contribution is 2.30. The SMILES string of the molecule is OC1CC(Nc2cc(C(F)(F)F)nc(Cl)n2)C1. The van der Waals surface area contributed by atoms with Gasteiger partial charge in [0.1, 0.15) is 5.82 Å². The molecule has 1 heterocycles. The fourth-order valence-electron chi connectivity index (χ4n) is 1.55. The third-order valence-corrected chi connectivity index (χ3v) is 2.62. The van der Waals surface area contributed by atoms with Gasteiger partial charge in [-0.2, -0.15) is 13.2 Å². The van der Waals surface area contributed by atoms with Gasteiger partial charge in [-0.3, -0.25) is 0 Å².